The molecule has 0 amide bonds. The van der Waals surface area contributed by atoms with Crippen molar-refractivity contribution in [2.75, 3.05) is 0 Å². The van der Waals surface area contributed by atoms with Crippen molar-refractivity contribution < 1.29 is 12.6 Å². The Hall–Kier alpha value is -1.29. The smallest absolute Gasteiger partial charge is 0.331 e. The summed E-state index contributed by atoms with van der Waals surface area (Å²) in [6.45, 7) is 7.40. The molecule has 0 saturated heterocycles. The second-order valence-corrected chi connectivity index (χ2v) is 5.47. The molecule has 0 heterocycles. The minimum atomic E-state index is -3.65. The van der Waals surface area contributed by atoms with Gasteiger partial charge in [-0.15, -0.1) is 0 Å². The van der Waals surface area contributed by atoms with E-state index in [1.807, 2.05) is 6.07 Å². The van der Waals surface area contributed by atoms with Crippen LogP contribution in [0.3, 0.4) is 0 Å². The second-order valence-electron chi connectivity index (χ2n) is 3.99. The first kappa shape index (κ1) is 12.8. The molecule has 0 aliphatic carbocycles. The maximum atomic E-state index is 11.2. The summed E-state index contributed by atoms with van der Waals surface area (Å²) < 4.78 is 27.2. The third kappa shape index (κ3) is 4.06. The molecule has 0 atom stereocenters. The maximum Gasteiger partial charge on any atom is 0.331 e. The summed E-state index contributed by atoms with van der Waals surface area (Å²) in [5.41, 5.74) is 1.06. The molecule has 88 valence electrons. The van der Waals surface area contributed by atoms with Crippen LogP contribution in [0.15, 0.2) is 36.3 Å². The summed E-state index contributed by atoms with van der Waals surface area (Å²) >= 11 is 0. The van der Waals surface area contributed by atoms with E-state index in [2.05, 4.69) is 20.4 Å². The van der Waals surface area contributed by atoms with E-state index >= 15 is 0 Å². The monoisotopic (exact) mass is 240 g/mol. The quantitative estimate of drug-likeness (QED) is 0.743. The van der Waals surface area contributed by atoms with Crippen LogP contribution in [0.2, 0.25) is 0 Å². The fourth-order valence-electron chi connectivity index (χ4n) is 1.36. The molecule has 3 nitrogen and oxygen atoms in total. The van der Waals surface area contributed by atoms with Gasteiger partial charge < -0.3 is 4.18 Å². The molecule has 0 bridgehead atoms. The van der Waals surface area contributed by atoms with Gasteiger partial charge in [0.2, 0.25) is 0 Å². The number of hydrogen-bond donors (Lipinski definition) is 0. The predicted molar refractivity (Wildman–Crippen MR) is 64.7 cm³/mol. The van der Waals surface area contributed by atoms with Gasteiger partial charge in [0.15, 0.2) is 0 Å². The Bertz CT molecular complexity index is 461. The van der Waals surface area contributed by atoms with Crippen molar-refractivity contribution in [3.05, 3.63) is 41.8 Å². The van der Waals surface area contributed by atoms with Crippen molar-refractivity contribution in [1.29, 1.82) is 0 Å². The van der Waals surface area contributed by atoms with Crippen LogP contribution in [0.5, 0.6) is 5.75 Å². The lowest BCUT2D eigenvalue weighted by Gasteiger charge is -2.07. The van der Waals surface area contributed by atoms with Crippen LogP contribution in [0.25, 0.3) is 0 Å². The first-order valence-corrected chi connectivity index (χ1v) is 6.56. The van der Waals surface area contributed by atoms with Gasteiger partial charge in [-0.25, -0.2) is 0 Å². The molecule has 0 fully saturated rings. The van der Waals surface area contributed by atoms with E-state index in [0.29, 0.717) is 11.7 Å². The van der Waals surface area contributed by atoms with E-state index in [1.54, 1.807) is 18.2 Å². The molecule has 0 spiro atoms. The molecule has 0 N–H and O–H groups in total. The van der Waals surface area contributed by atoms with E-state index in [4.69, 9.17) is 4.18 Å². The highest BCUT2D eigenvalue weighted by Gasteiger charge is 2.07. The molecule has 0 unspecified atom stereocenters. The van der Waals surface area contributed by atoms with Gasteiger partial charge in [-0.05, 0) is 30.0 Å². The van der Waals surface area contributed by atoms with E-state index in [9.17, 15) is 8.42 Å². The largest absolute Gasteiger partial charge is 0.379 e. The van der Waals surface area contributed by atoms with Gasteiger partial charge in [0.05, 0.1) is 5.41 Å². The Morgan fingerprint density at radius 1 is 1.44 bits per heavy atom. The molecule has 1 aromatic carbocycles. The van der Waals surface area contributed by atoms with Crippen molar-refractivity contribution in [3.8, 4) is 5.75 Å². The van der Waals surface area contributed by atoms with Crippen molar-refractivity contribution in [2.45, 2.75) is 20.3 Å². The molecule has 16 heavy (non-hydrogen) atoms. The third-order valence-electron chi connectivity index (χ3n) is 1.96. The highest BCUT2D eigenvalue weighted by molar-refractivity contribution is 7.90. The highest BCUT2D eigenvalue weighted by atomic mass is 32.2. The molecule has 1 aromatic rings. The van der Waals surface area contributed by atoms with Gasteiger partial charge in [-0.2, -0.15) is 8.42 Å². The average Bonchev–Trinajstić information content (AvgIpc) is 2.16. The molecule has 4 heteroatoms. The zero-order valence-corrected chi connectivity index (χ0v) is 10.3. The first-order chi connectivity index (χ1) is 7.43. The van der Waals surface area contributed by atoms with E-state index in [0.717, 1.165) is 17.4 Å². The second kappa shape index (κ2) is 5.16. The normalized spacial score (nSPS) is 11.4. The lowest BCUT2D eigenvalue weighted by atomic mass is 10.0. The lowest BCUT2D eigenvalue weighted by Crippen LogP contribution is -2.05. The van der Waals surface area contributed by atoms with Gasteiger partial charge in [-0.3, -0.25) is 0 Å². The predicted octanol–water partition coefficient (Wildman–Crippen LogP) is 2.74. The van der Waals surface area contributed by atoms with E-state index < -0.39 is 10.1 Å². The van der Waals surface area contributed by atoms with Crippen LogP contribution in [-0.2, 0) is 16.5 Å². The average molecular weight is 240 g/mol. The molecule has 0 aliphatic rings. The van der Waals surface area contributed by atoms with Crippen LogP contribution in [0, 0.1) is 5.92 Å². The zero-order valence-electron chi connectivity index (χ0n) is 9.51. The van der Waals surface area contributed by atoms with Crippen LogP contribution in [-0.4, -0.2) is 8.42 Å². The van der Waals surface area contributed by atoms with E-state index in [1.165, 1.54) is 0 Å². The Morgan fingerprint density at radius 3 is 2.69 bits per heavy atom. The summed E-state index contributed by atoms with van der Waals surface area (Å²) in [7, 11) is -3.65. The van der Waals surface area contributed by atoms with Crippen molar-refractivity contribution in [2.24, 2.45) is 5.92 Å². The summed E-state index contributed by atoms with van der Waals surface area (Å²) in [5.74, 6) is 0.851. The van der Waals surface area contributed by atoms with Crippen molar-refractivity contribution in [1.82, 2.24) is 0 Å². The minimum absolute atomic E-state index is 0.332. The lowest BCUT2D eigenvalue weighted by molar-refractivity contribution is 0.496. The molecular formula is C12H16O3S. The van der Waals surface area contributed by atoms with Gasteiger partial charge in [-0.1, -0.05) is 32.6 Å². The standard InChI is InChI=1S/C12H16O3S/c1-4-16(13,14)15-12-7-5-6-11(9-12)8-10(2)3/h4-7,9-10H,1,8H2,2-3H3. The van der Waals surface area contributed by atoms with Crippen molar-refractivity contribution >= 4 is 10.1 Å². The van der Waals surface area contributed by atoms with Gasteiger partial charge in [0, 0.05) is 0 Å². The highest BCUT2D eigenvalue weighted by Crippen LogP contribution is 2.18. The molecular weight excluding hydrogens is 224 g/mol. The molecule has 1 rings (SSSR count). The first-order valence-electron chi connectivity index (χ1n) is 5.09. The number of benzene rings is 1. The van der Waals surface area contributed by atoms with Crippen LogP contribution in [0.4, 0.5) is 0 Å². The summed E-state index contributed by atoms with van der Waals surface area (Å²) in [4.78, 5) is 0. The number of hydrogen-bond acceptors (Lipinski definition) is 3. The van der Waals surface area contributed by atoms with Gasteiger partial charge in [0.1, 0.15) is 5.75 Å². The zero-order chi connectivity index (χ0) is 12.2. The SMILES string of the molecule is C=CS(=O)(=O)Oc1cccc(CC(C)C)c1. The van der Waals surface area contributed by atoms with Gasteiger partial charge in [0.25, 0.3) is 0 Å². The Labute approximate surface area is 96.9 Å². The van der Waals surface area contributed by atoms with Crippen LogP contribution >= 0.6 is 0 Å². The van der Waals surface area contributed by atoms with Crippen LogP contribution in [0.1, 0.15) is 19.4 Å². The topological polar surface area (TPSA) is 43.4 Å². The molecule has 0 saturated carbocycles. The number of rotatable bonds is 5. The molecule has 0 radical (unpaired) electrons. The van der Waals surface area contributed by atoms with Crippen LogP contribution < -0.4 is 4.18 Å². The summed E-state index contributed by atoms with van der Waals surface area (Å²) in [6.07, 6.45) is 0.894. The fraction of sp³-hybridized carbons (Fsp3) is 0.333. The maximum absolute atomic E-state index is 11.2. The molecule has 0 aromatic heterocycles. The summed E-state index contributed by atoms with van der Waals surface area (Å²) in [6, 6.07) is 7.09. The van der Waals surface area contributed by atoms with E-state index in [-0.39, 0.29) is 0 Å². The van der Waals surface area contributed by atoms with Gasteiger partial charge >= 0.3 is 10.1 Å². The Morgan fingerprint density at radius 2 is 2.12 bits per heavy atom. The third-order valence-corrected chi connectivity index (χ3v) is 2.79. The Balaban J connectivity index is 2.87. The molecule has 0 aliphatic heterocycles. The minimum Gasteiger partial charge on any atom is -0.379 e. The van der Waals surface area contributed by atoms with Crippen molar-refractivity contribution in [3.63, 3.8) is 0 Å². The Kier molecular flexibility index (Phi) is 4.12. The summed E-state index contributed by atoms with van der Waals surface area (Å²) in [5, 5.41) is 0.794. The fourth-order valence-corrected chi connectivity index (χ4v) is 1.80.